The van der Waals surface area contributed by atoms with Crippen molar-refractivity contribution in [2.75, 3.05) is 26.3 Å². The van der Waals surface area contributed by atoms with Gasteiger partial charge in [-0.05, 0) is 30.7 Å². The van der Waals surface area contributed by atoms with E-state index in [1.807, 2.05) is 36.1 Å². The third-order valence-corrected chi connectivity index (χ3v) is 4.96. The molecule has 0 radical (unpaired) electrons. The van der Waals surface area contributed by atoms with Gasteiger partial charge in [-0.2, -0.15) is 0 Å². The quantitative estimate of drug-likeness (QED) is 0.634. The highest BCUT2D eigenvalue weighted by Crippen LogP contribution is 2.20. The highest BCUT2D eigenvalue weighted by atomic mass is 35.5. The maximum atomic E-state index is 14.1. The maximum Gasteiger partial charge on any atom is 0.145 e. The van der Waals surface area contributed by atoms with Crippen molar-refractivity contribution >= 4 is 17.3 Å². The number of nitrogens with zero attached hydrogens (tertiary/aromatic N) is 2. The van der Waals surface area contributed by atoms with Gasteiger partial charge in [0.15, 0.2) is 0 Å². The van der Waals surface area contributed by atoms with Gasteiger partial charge in [-0.15, -0.1) is 0 Å². The van der Waals surface area contributed by atoms with E-state index < -0.39 is 6.10 Å². The summed E-state index contributed by atoms with van der Waals surface area (Å²) in [5.74, 6) is -0.262. The fourth-order valence-corrected chi connectivity index (χ4v) is 3.43. The third kappa shape index (κ3) is 6.51. The van der Waals surface area contributed by atoms with Crippen LogP contribution in [0.5, 0.6) is 0 Å². The second-order valence-electron chi connectivity index (χ2n) is 7.08. The highest BCUT2D eigenvalue weighted by Gasteiger charge is 2.26. The van der Waals surface area contributed by atoms with Crippen LogP contribution in [0.25, 0.3) is 0 Å². The molecule has 3 rings (SSSR count). The van der Waals surface area contributed by atoms with Gasteiger partial charge in [-0.3, -0.25) is 4.90 Å². The lowest BCUT2D eigenvalue weighted by Gasteiger charge is -2.27. The summed E-state index contributed by atoms with van der Waals surface area (Å²) in [6, 6.07) is 14.1. The smallest absolute Gasteiger partial charge is 0.145 e. The van der Waals surface area contributed by atoms with Crippen LogP contribution >= 0.6 is 11.6 Å². The Labute approximate surface area is 175 Å². The van der Waals surface area contributed by atoms with Crippen LogP contribution in [-0.4, -0.2) is 54.2 Å². The molecule has 2 aromatic carbocycles. The highest BCUT2D eigenvalue weighted by molar-refractivity contribution is 6.30. The van der Waals surface area contributed by atoms with Crippen molar-refractivity contribution in [1.82, 2.24) is 4.90 Å². The van der Waals surface area contributed by atoms with E-state index >= 15 is 0 Å². The van der Waals surface area contributed by atoms with Gasteiger partial charge in [0, 0.05) is 43.2 Å². The normalized spacial score (nSPS) is 17.3. The number of ether oxygens (including phenoxy) is 1. The van der Waals surface area contributed by atoms with Crippen LogP contribution < -0.4 is 0 Å². The molecule has 5 nitrogen and oxygen atoms in total. The fraction of sp³-hybridized carbons (Fsp3) is 0.409. The van der Waals surface area contributed by atoms with Crippen molar-refractivity contribution in [3.05, 3.63) is 70.5 Å². The molecule has 1 aliphatic heterocycles. The molecular formula is C22H26ClFN2O3. The first-order valence-electron chi connectivity index (χ1n) is 9.75. The van der Waals surface area contributed by atoms with Crippen LogP contribution in [0.3, 0.4) is 0 Å². The van der Waals surface area contributed by atoms with Gasteiger partial charge in [0.25, 0.3) is 0 Å². The minimum absolute atomic E-state index is 0.174. The predicted octanol–water partition coefficient (Wildman–Crippen LogP) is 3.87. The lowest BCUT2D eigenvalue weighted by Crippen LogP contribution is -2.39. The number of rotatable bonds is 10. The molecule has 2 atom stereocenters. The first-order valence-corrected chi connectivity index (χ1v) is 10.1. The van der Waals surface area contributed by atoms with Gasteiger partial charge in [-0.1, -0.05) is 47.1 Å². The average Bonchev–Trinajstić information content (AvgIpc) is 3.17. The Kier molecular flexibility index (Phi) is 8.00. The molecular weight excluding hydrogens is 395 g/mol. The van der Waals surface area contributed by atoms with Crippen LogP contribution in [-0.2, 0) is 16.1 Å². The van der Waals surface area contributed by atoms with Crippen LogP contribution in [0.15, 0.2) is 53.7 Å². The summed E-state index contributed by atoms with van der Waals surface area (Å²) in [4.78, 5) is 7.60. The number of benzene rings is 2. The molecule has 2 aromatic rings. The number of halogens is 2. The SMILES string of the molecule is CCOC[C@@H](O)CN(Cc1ccccc1F)C[C@@H]1CC(c2ccc(Cl)cc2)=NO1. The first kappa shape index (κ1) is 21.7. The van der Waals surface area contributed by atoms with Gasteiger partial charge < -0.3 is 14.7 Å². The van der Waals surface area contributed by atoms with Gasteiger partial charge >= 0.3 is 0 Å². The minimum Gasteiger partial charge on any atom is -0.390 e. The second kappa shape index (κ2) is 10.7. The molecule has 0 fully saturated rings. The minimum atomic E-state index is -0.667. The van der Waals surface area contributed by atoms with E-state index in [0.717, 1.165) is 11.3 Å². The molecule has 7 heteroatoms. The van der Waals surface area contributed by atoms with E-state index in [9.17, 15) is 9.50 Å². The molecule has 0 aromatic heterocycles. The van der Waals surface area contributed by atoms with E-state index in [0.29, 0.717) is 43.2 Å². The molecule has 0 aliphatic carbocycles. The van der Waals surface area contributed by atoms with E-state index in [2.05, 4.69) is 5.16 Å². The molecule has 1 N–H and O–H groups in total. The molecule has 0 amide bonds. The lowest BCUT2D eigenvalue weighted by molar-refractivity contribution is 0.000247. The molecule has 0 saturated carbocycles. The average molecular weight is 421 g/mol. The molecule has 29 heavy (non-hydrogen) atoms. The Hall–Kier alpha value is -1.99. The number of oxime groups is 1. The molecule has 0 unspecified atom stereocenters. The van der Waals surface area contributed by atoms with Crippen molar-refractivity contribution in [2.24, 2.45) is 5.16 Å². The number of aliphatic hydroxyl groups excluding tert-OH is 1. The zero-order chi connectivity index (χ0) is 20.6. The van der Waals surface area contributed by atoms with Gasteiger partial charge in [0.2, 0.25) is 0 Å². The summed E-state index contributed by atoms with van der Waals surface area (Å²) in [6.45, 7) is 3.89. The Morgan fingerprint density at radius 1 is 1.28 bits per heavy atom. The summed E-state index contributed by atoms with van der Waals surface area (Å²) in [7, 11) is 0. The monoisotopic (exact) mass is 420 g/mol. The lowest BCUT2D eigenvalue weighted by atomic mass is 10.0. The van der Waals surface area contributed by atoms with Crippen molar-refractivity contribution in [3.63, 3.8) is 0 Å². The Morgan fingerprint density at radius 2 is 2.03 bits per heavy atom. The van der Waals surface area contributed by atoms with Crippen molar-refractivity contribution in [1.29, 1.82) is 0 Å². The largest absolute Gasteiger partial charge is 0.390 e. The topological polar surface area (TPSA) is 54.3 Å². The maximum absolute atomic E-state index is 14.1. The zero-order valence-electron chi connectivity index (χ0n) is 16.4. The van der Waals surface area contributed by atoms with Gasteiger partial charge in [0.1, 0.15) is 11.9 Å². The number of hydrogen-bond donors (Lipinski definition) is 1. The van der Waals surface area contributed by atoms with E-state index in [1.54, 1.807) is 18.2 Å². The molecule has 0 bridgehead atoms. The van der Waals surface area contributed by atoms with Crippen molar-refractivity contribution in [2.45, 2.75) is 32.1 Å². The van der Waals surface area contributed by atoms with Gasteiger partial charge in [-0.25, -0.2) is 4.39 Å². The third-order valence-electron chi connectivity index (χ3n) is 4.71. The van der Waals surface area contributed by atoms with Crippen LogP contribution in [0.1, 0.15) is 24.5 Å². The zero-order valence-corrected chi connectivity index (χ0v) is 17.2. The van der Waals surface area contributed by atoms with Crippen molar-refractivity contribution < 1.29 is 19.1 Å². The molecule has 0 spiro atoms. The number of hydrogen-bond acceptors (Lipinski definition) is 5. The van der Waals surface area contributed by atoms with E-state index in [4.69, 9.17) is 21.2 Å². The molecule has 0 saturated heterocycles. The van der Waals surface area contributed by atoms with Crippen LogP contribution in [0.2, 0.25) is 5.02 Å². The fourth-order valence-electron chi connectivity index (χ4n) is 3.30. The second-order valence-corrected chi connectivity index (χ2v) is 7.51. The van der Waals surface area contributed by atoms with Crippen molar-refractivity contribution in [3.8, 4) is 0 Å². The first-order chi connectivity index (χ1) is 14.0. The summed E-state index contributed by atoms with van der Waals surface area (Å²) >= 11 is 5.95. The summed E-state index contributed by atoms with van der Waals surface area (Å²) in [5.41, 5.74) is 2.40. The van der Waals surface area contributed by atoms with Crippen LogP contribution in [0.4, 0.5) is 4.39 Å². The Morgan fingerprint density at radius 3 is 2.76 bits per heavy atom. The van der Waals surface area contributed by atoms with Gasteiger partial charge in [0.05, 0.1) is 18.4 Å². The standard InChI is InChI=1S/C22H26ClFN2O3/c1-2-28-15-19(27)13-26(12-17-5-3-4-6-21(17)24)14-20-11-22(25-29-20)16-7-9-18(23)10-8-16/h3-10,19-20,27H,2,11-15H2,1H3/t19-,20-/m0/s1. The molecule has 1 aliphatic rings. The number of aliphatic hydroxyl groups is 1. The molecule has 156 valence electrons. The predicted molar refractivity (Wildman–Crippen MR) is 112 cm³/mol. The summed E-state index contributed by atoms with van der Waals surface area (Å²) < 4.78 is 19.5. The Bertz CT molecular complexity index is 816. The summed E-state index contributed by atoms with van der Waals surface area (Å²) in [6.07, 6.45) is -0.205. The van der Waals surface area contributed by atoms with Crippen LogP contribution in [0, 0.1) is 5.82 Å². The Balaban J connectivity index is 1.63. The summed E-state index contributed by atoms with van der Waals surface area (Å²) in [5, 5.41) is 15.2. The van der Waals surface area contributed by atoms with E-state index in [1.165, 1.54) is 6.07 Å². The van der Waals surface area contributed by atoms with E-state index in [-0.39, 0.29) is 18.5 Å². The molecule has 1 heterocycles.